The number of carboxylic acids is 1. The fourth-order valence-corrected chi connectivity index (χ4v) is 4.06. The third-order valence-electron chi connectivity index (χ3n) is 4.76. The molecule has 0 saturated heterocycles. The van der Waals surface area contributed by atoms with Gasteiger partial charge < -0.3 is 14.4 Å². The van der Waals surface area contributed by atoms with E-state index in [2.05, 4.69) is 0 Å². The van der Waals surface area contributed by atoms with Gasteiger partial charge in [0, 0.05) is 22.3 Å². The molecule has 148 valence electrons. The Bertz CT molecular complexity index is 1120. The lowest BCUT2D eigenvalue weighted by molar-refractivity contribution is -0.141. The maximum absolute atomic E-state index is 13.4. The molecule has 1 N–H and O–H groups in total. The Kier molecular flexibility index (Phi) is 5.40. The highest BCUT2D eigenvalue weighted by Crippen LogP contribution is 2.41. The number of hydrogen-bond donors (Lipinski definition) is 1. The number of ketones is 1. The zero-order chi connectivity index (χ0) is 20.7. The number of carbonyl (C=O) groups is 2. The van der Waals surface area contributed by atoms with Gasteiger partial charge >= 0.3 is 5.97 Å². The van der Waals surface area contributed by atoms with Crippen molar-refractivity contribution in [2.24, 2.45) is 0 Å². The van der Waals surface area contributed by atoms with E-state index in [-0.39, 0.29) is 22.0 Å². The highest BCUT2D eigenvalue weighted by Gasteiger charge is 2.35. The summed E-state index contributed by atoms with van der Waals surface area (Å²) in [5.41, 5.74) is 2.02. The molecule has 4 rings (SSSR count). The second-order valence-corrected chi connectivity index (χ2v) is 7.80. The molecule has 0 spiro atoms. The third kappa shape index (κ3) is 3.67. The lowest BCUT2D eigenvalue weighted by Gasteiger charge is -2.21. The van der Waals surface area contributed by atoms with Crippen molar-refractivity contribution in [2.45, 2.75) is 18.6 Å². The van der Waals surface area contributed by atoms with E-state index in [1.807, 2.05) is 4.57 Å². The number of carbonyl (C=O) groups excluding carboxylic acids is 1. The van der Waals surface area contributed by atoms with Crippen LogP contribution in [0.2, 0.25) is 15.1 Å². The summed E-state index contributed by atoms with van der Waals surface area (Å²) in [6, 6.07) is 13.4. The van der Waals surface area contributed by atoms with Gasteiger partial charge in [0.1, 0.15) is 12.2 Å². The highest BCUT2D eigenvalue weighted by atomic mass is 35.5. The van der Waals surface area contributed by atoms with E-state index >= 15 is 0 Å². The topological polar surface area (TPSA) is 68.5 Å². The van der Waals surface area contributed by atoms with Crippen molar-refractivity contribution in [3.8, 4) is 5.69 Å². The maximum atomic E-state index is 13.4. The van der Waals surface area contributed by atoms with Crippen LogP contribution in [0.25, 0.3) is 5.69 Å². The van der Waals surface area contributed by atoms with Crippen molar-refractivity contribution in [3.05, 3.63) is 86.6 Å². The number of benzene rings is 2. The van der Waals surface area contributed by atoms with E-state index in [0.29, 0.717) is 22.0 Å². The number of fused-ring (bicyclic) bond motifs is 3. The number of nitrogens with zero attached hydrogens (tertiary/aromatic N) is 1. The summed E-state index contributed by atoms with van der Waals surface area (Å²) < 4.78 is 7.90. The zero-order valence-electron chi connectivity index (χ0n) is 14.8. The molecule has 1 aliphatic heterocycles. The number of aliphatic carboxylic acids is 1. The maximum Gasteiger partial charge on any atom is 0.306 e. The average molecular weight is 451 g/mol. The number of rotatable bonds is 4. The van der Waals surface area contributed by atoms with Crippen molar-refractivity contribution < 1.29 is 19.4 Å². The SMILES string of the molecule is O=C(O)C[C@@H]1O[C@@H](C(=O)c2cccc(Cl)c2Cl)c2cc(Cl)ccc2-n2cccc21. The molecular formula is C21H14Cl3NO4. The van der Waals surface area contributed by atoms with Gasteiger partial charge in [-0.2, -0.15) is 0 Å². The Morgan fingerprint density at radius 2 is 1.86 bits per heavy atom. The molecule has 0 bridgehead atoms. The van der Waals surface area contributed by atoms with E-state index in [0.717, 1.165) is 0 Å². The summed E-state index contributed by atoms with van der Waals surface area (Å²) in [5.74, 6) is -1.47. The summed E-state index contributed by atoms with van der Waals surface area (Å²) in [6.45, 7) is 0. The van der Waals surface area contributed by atoms with Crippen LogP contribution in [0.4, 0.5) is 0 Å². The number of ether oxygens (including phenoxy) is 1. The molecule has 0 unspecified atom stereocenters. The van der Waals surface area contributed by atoms with Gasteiger partial charge in [-0.05, 0) is 42.5 Å². The van der Waals surface area contributed by atoms with Gasteiger partial charge in [-0.15, -0.1) is 0 Å². The molecular weight excluding hydrogens is 437 g/mol. The first-order valence-electron chi connectivity index (χ1n) is 8.69. The van der Waals surface area contributed by atoms with Crippen molar-refractivity contribution in [1.82, 2.24) is 4.57 Å². The summed E-state index contributed by atoms with van der Waals surface area (Å²) in [7, 11) is 0. The van der Waals surface area contributed by atoms with E-state index in [1.165, 1.54) is 0 Å². The second-order valence-electron chi connectivity index (χ2n) is 6.57. The fraction of sp³-hybridized carbons (Fsp3) is 0.143. The summed E-state index contributed by atoms with van der Waals surface area (Å²) >= 11 is 18.5. The number of carboxylic acid groups (broad SMARTS) is 1. The molecule has 29 heavy (non-hydrogen) atoms. The molecule has 0 radical (unpaired) electrons. The van der Waals surface area contributed by atoms with Crippen LogP contribution in [0.1, 0.15) is 40.2 Å². The summed E-state index contributed by atoms with van der Waals surface area (Å²) in [5, 5.41) is 10.2. The van der Waals surface area contributed by atoms with Gasteiger partial charge in [0.25, 0.3) is 0 Å². The molecule has 0 amide bonds. The van der Waals surface area contributed by atoms with Crippen LogP contribution >= 0.6 is 34.8 Å². The Hall–Kier alpha value is -2.31. The van der Waals surface area contributed by atoms with Crippen LogP contribution in [0.5, 0.6) is 0 Å². The summed E-state index contributed by atoms with van der Waals surface area (Å²) in [6.07, 6.45) is -0.470. The molecule has 3 aromatic rings. The molecule has 2 aromatic carbocycles. The van der Waals surface area contributed by atoms with Crippen LogP contribution in [0, 0.1) is 0 Å². The molecule has 2 atom stereocenters. The van der Waals surface area contributed by atoms with Crippen molar-refractivity contribution in [2.75, 3.05) is 0 Å². The first-order chi connectivity index (χ1) is 13.9. The molecule has 0 aliphatic carbocycles. The van der Waals surface area contributed by atoms with Crippen molar-refractivity contribution in [3.63, 3.8) is 0 Å². The predicted octanol–water partition coefficient (Wildman–Crippen LogP) is 5.91. The van der Waals surface area contributed by atoms with Crippen LogP contribution in [0.15, 0.2) is 54.7 Å². The van der Waals surface area contributed by atoms with E-state index in [9.17, 15) is 14.7 Å². The standard InChI is InChI=1S/C21H14Cl3NO4/c22-11-6-7-15-13(9-11)21(20(28)12-3-1-4-14(23)19(12)24)29-17(10-18(26)27)16-5-2-8-25(15)16/h1-9,17,21H,10H2,(H,26,27)/t17-,21+/m0/s1. The van der Waals surface area contributed by atoms with E-state index < -0.39 is 24.0 Å². The van der Waals surface area contributed by atoms with Gasteiger partial charge in [0.2, 0.25) is 0 Å². The first kappa shape index (κ1) is 20.0. The summed E-state index contributed by atoms with van der Waals surface area (Å²) in [4.78, 5) is 24.9. The molecule has 2 heterocycles. The quantitative estimate of drug-likeness (QED) is 0.502. The van der Waals surface area contributed by atoms with Crippen LogP contribution in [-0.2, 0) is 9.53 Å². The van der Waals surface area contributed by atoms with Crippen LogP contribution < -0.4 is 0 Å². The Balaban J connectivity index is 1.90. The molecule has 8 heteroatoms. The largest absolute Gasteiger partial charge is 0.481 e. The van der Waals surface area contributed by atoms with E-state index in [4.69, 9.17) is 39.5 Å². The number of Topliss-reactive ketones (excluding diaryl/α,β-unsaturated/α-hetero) is 1. The number of hydrogen-bond acceptors (Lipinski definition) is 3. The van der Waals surface area contributed by atoms with Crippen LogP contribution in [-0.4, -0.2) is 21.4 Å². The van der Waals surface area contributed by atoms with Crippen molar-refractivity contribution >= 4 is 46.6 Å². The molecule has 0 saturated carbocycles. The number of halogens is 3. The minimum Gasteiger partial charge on any atom is -0.481 e. The molecule has 1 aliphatic rings. The minimum atomic E-state index is -1.11. The monoisotopic (exact) mass is 449 g/mol. The molecule has 0 fully saturated rings. The minimum absolute atomic E-state index is 0.116. The smallest absolute Gasteiger partial charge is 0.306 e. The van der Waals surface area contributed by atoms with E-state index in [1.54, 1.807) is 54.7 Å². The normalized spacial score (nSPS) is 17.9. The highest BCUT2D eigenvalue weighted by molar-refractivity contribution is 6.44. The van der Waals surface area contributed by atoms with Gasteiger partial charge in [-0.1, -0.05) is 40.9 Å². The lowest BCUT2D eigenvalue weighted by Crippen LogP contribution is -2.20. The lowest BCUT2D eigenvalue weighted by atomic mass is 9.98. The Morgan fingerprint density at radius 3 is 2.62 bits per heavy atom. The average Bonchev–Trinajstić information content (AvgIpc) is 3.12. The van der Waals surface area contributed by atoms with Gasteiger partial charge in [0.15, 0.2) is 5.78 Å². The first-order valence-corrected chi connectivity index (χ1v) is 9.82. The van der Waals surface area contributed by atoms with Crippen molar-refractivity contribution in [1.29, 1.82) is 0 Å². The zero-order valence-corrected chi connectivity index (χ0v) is 17.1. The Labute approximate surface area is 181 Å². The van der Waals surface area contributed by atoms with Gasteiger partial charge in [0.05, 0.1) is 27.8 Å². The predicted molar refractivity (Wildman–Crippen MR) is 110 cm³/mol. The fourth-order valence-electron chi connectivity index (χ4n) is 3.49. The number of aromatic nitrogens is 1. The van der Waals surface area contributed by atoms with Crippen LogP contribution in [0.3, 0.4) is 0 Å². The Morgan fingerprint density at radius 1 is 1.07 bits per heavy atom. The molecule has 1 aromatic heterocycles. The third-order valence-corrected chi connectivity index (χ3v) is 5.81. The van der Waals surface area contributed by atoms with Gasteiger partial charge in [-0.25, -0.2) is 0 Å². The van der Waals surface area contributed by atoms with Gasteiger partial charge in [-0.3, -0.25) is 9.59 Å². The molecule has 5 nitrogen and oxygen atoms in total. The second kappa shape index (κ2) is 7.84.